The fraction of sp³-hybridized carbons (Fsp3) is 0.154. The first-order valence-corrected chi connectivity index (χ1v) is 11.3. The lowest BCUT2D eigenvalue weighted by atomic mass is 9.96. The zero-order valence-corrected chi connectivity index (χ0v) is 19.4. The van der Waals surface area contributed by atoms with Crippen LogP contribution in [0.25, 0.3) is 5.69 Å². The van der Waals surface area contributed by atoms with Gasteiger partial charge in [-0.3, -0.25) is 4.98 Å². The highest BCUT2D eigenvalue weighted by atomic mass is 35.5. The Bertz CT molecular complexity index is 1270. The topological polar surface area (TPSA) is 33.1 Å². The van der Waals surface area contributed by atoms with Crippen LogP contribution in [0.3, 0.4) is 0 Å². The Balaban J connectivity index is 1.70. The molecule has 0 aliphatic carbocycles. The quantitative estimate of drug-likeness (QED) is 0.363. The molecule has 2 atom stereocenters. The number of hydrogen-bond acceptors (Lipinski definition) is 2. The molecular formula is C26H23ClN4S. The second kappa shape index (κ2) is 8.41. The van der Waals surface area contributed by atoms with Crippen LogP contribution in [0.15, 0.2) is 85.1 Å². The third kappa shape index (κ3) is 3.48. The number of pyridine rings is 1. The number of nitrogens with one attached hydrogen (secondary N) is 1. The molecule has 4 aromatic rings. The van der Waals surface area contributed by atoms with Crippen molar-refractivity contribution in [2.75, 3.05) is 4.90 Å². The van der Waals surface area contributed by atoms with Gasteiger partial charge in [0.1, 0.15) is 0 Å². The second-order valence-electron chi connectivity index (χ2n) is 7.95. The summed E-state index contributed by atoms with van der Waals surface area (Å²) in [7, 11) is 0. The fourth-order valence-corrected chi connectivity index (χ4v) is 5.19. The van der Waals surface area contributed by atoms with Gasteiger partial charge in [-0.15, -0.1) is 0 Å². The Labute approximate surface area is 198 Å². The van der Waals surface area contributed by atoms with Crippen molar-refractivity contribution in [1.82, 2.24) is 14.9 Å². The van der Waals surface area contributed by atoms with Gasteiger partial charge in [-0.1, -0.05) is 48.0 Å². The molecule has 0 unspecified atom stereocenters. The third-order valence-corrected chi connectivity index (χ3v) is 6.65. The van der Waals surface area contributed by atoms with E-state index in [9.17, 15) is 0 Å². The van der Waals surface area contributed by atoms with E-state index in [2.05, 4.69) is 63.9 Å². The van der Waals surface area contributed by atoms with Crippen molar-refractivity contribution < 1.29 is 0 Å². The first-order valence-electron chi connectivity index (χ1n) is 10.6. The minimum atomic E-state index is -0.0795. The molecular weight excluding hydrogens is 436 g/mol. The van der Waals surface area contributed by atoms with E-state index < -0.39 is 0 Å². The predicted molar refractivity (Wildman–Crippen MR) is 135 cm³/mol. The molecule has 2 aromatic heterocycles. The van der Waals surface area contributed by atoms with Gasteiger partial charge < -0.3 is 14.8 Å². The lowest BCUT2D eigenvalue weighted by Crippen LogP contribution is -2.29. The molecule has 5 rings (SSSR count). The first kappa shape index (κ1) is 20.7. The molecule has 160 valence electrons. The first-order chi connectivity index (χ1) is 15.6. The van der Waals surface area contributed by atoms with E-state index in [1.165, 1.54) is 5.56 Å². The van der Waals surface area contributed by atoms with E-state index in [0.29, 0.717) is 5.11 Å². The van der Waals surface area contributed by atoms with Crippen LogP contribution in [-0.4, -0.2) is 14.7 Å². The number of halogens is 1. The zero-order chi connectivity index (χ0) is 22.2. The SMILES string of the molecule is Cc1cc([C@@H]2[C@@H](c3ccccn3)NC(=S)N2c2ccccc2)c(C)n1-c1ccccc1Cl. The van der Waals surface area contributed by atoms with Crippen LogP contribution in [0.2, 0.25) is 5.02 Å². The van der Waals surface area contributed by atoms with Crippen LogP contribution in [0, 0.1) is 13.8 Å². The number of benzene rings is 2. The zero-order valence-electron chi connectivity index (χ0n) is 17.9. The lowest BCUT2D eigenvalue weighted by molar-refractivity contribution is 0.565. The Hall–Kier alpha value is -3.15. The van der Waals surface area contributed by atoms with E-state index in [-0.39, 0.29) is 12.1 Å². The fourth-order valence-electron chi connectivity index (χ4n) is 4.63. The predicted octanol–water partition coefficient (Wildman–Crippen LogP) is 6.32. The van der Waals surface area contributed by atoms with Crippen LogP contribution in [0.1, 0.15) is 34.7 Å². The molecule has 0 amide bonds. The summed E-state index contributed by atoms with van der Waals surface area (Å²) >= 11 is 12.4. The van der Waals surface area contributed by atoms with Crippen molar-refractivity contribution in [3.8, 4) is 5.69 Å². The minimum Gasteiger partial charge on any atom is -0.351 e. The molecule has 0 spiro atoms. The van der Waals surface area contributed by atoms with Gasteiger partial charge in [0.2, 0.25) is 0 Å². The highest BCUT2D eigenvalue weighted by molar-refractivity contribution is 7.80. The van der Waals surface area contributed by atoms with Crippen LogP contribution in [-0.2, 0) is 0 Å². The molecule has 1 aliphatic heterocycles. The van der Waals surface area contributed by atoms with Gasteiger partial charge in [-0.25, -0.2) is 0 Å². The highest BCUT2D eigenvalue weighted by Gasteiger charge is 2.42. The number of rotatable bonds is 4. The third-order valence-electron chi connectivity index (χ3n) is 6.01. The summed E-state index contributed by atoms with van der Waals surface area (Å²) in [6.45, 7) is 4.26. The molecule has 1 aliphatic rings. The molecule has 3 heterocycles. The van der Waals surface area contributed by atoms with Crippen LogP contribution in [0.5, 0.6) is 0 Å². The van der Waals surface area contributed by atoms with Gasteiger partial charge in [0.05, 0.1) is 28.5 Å². The van der Waals surface area contributed by atoms with E-state index >= 15 is 0 Å². The summed E-state index contributed by atoms with van der Waals surface area (Å²) in [6, 6.07) is 26.3. The van der Waals surface area contributed by atoms with Gasteiger partial charge in [0, 0.05) is 23.3 Å². The smallest absolute Gasteiger partial charge is 0.174 e. The van der Waals surface area contributed by atoms with Gasteiger partial charge >= 0.3 is 0 Å². The molecule has 1 fully saturated rings. The highest BCUT2D eigenvalue weighted by Crippen LogP contribution is 2.43. The lowest BCUT2D eigenvalue weighted by Gasteiger charge is -2.28. The van der Waals surface area contributed by atoms with Crippen LogP contribution < -0.4 is 10.2 Å². The number of para-hydroxylation sites is 2. The summed E-state index contributed by atoms with van der Waals surface area (Å²) in [5.74, 6) is 0. The van der Waals surface area contributed by atoms with E-state index in [4.69, 9.17) is 23.8 Å². The molecule has 0 radical (unpaired) electrons. The standard InChI is InChI=1S/C26H23ClN4S/c1-17-16-20(18(2)30(17)23-14-7-6-12-21(23)27)25-24(22-13-8-9-15-28-22)29-26(32)31(25)19-10-4-3-5-11-19/h3-16,24-25H,1-2H3,(H,29,32)/t24-,25-/m1/s1. The van der Waals surface area contributed by atoms with Gasteiger partial charge in [-0.2, -0.15) is 0 Å². The number of nitrogens with zero attached hydrogens (tertiary/aromatic N) is 3. The van der Waals surface area contributed by atoms with Gasteiger partial charge in [0.25, 0.3) is 0 Å². The molecule has 1 saturated heterocycles. The number of thiocarbonyl (C=S) groups is 1. The largest absolute Gasteiger partial charge is 0.351 e. The average Bonchev–Trinajstić information content (AvgIpc) is 3.31. The minimum absolute atomic E-state index is 0.0535. The van der Waals surface area contributed by atoms with Crippen molar-refractivity contribution in [3.63, 3.8) is 0 Å². The maximum atomic E-state index is 6.57. The molecule has 6 heteroatoms. The number of hydrogen-bond donors (Lipinski definition) is 1. The Morgan fingerprint density at radius 1 is 0.938 bits per heavy atom. The average molecular weight is 459 g/mol. The Morgan fingerprint density at radius 2 is 1.66 bits per heavy atom. The second-order valence-corrected chi connectivity index (χ2v) is 8.74. The summed E-state index contributed by atoms with van der Waals surface area (Å²) in [5.41, 5.74) is 6.43. The monoisotopic (exact) mass is 458 g/mol. The molecule has 32 heavy (non-hydrogen) atoms. The molecule has 0 bridgehead atoms. The van der Waals surface area contributed by atoms with Crippen molar-refractivity contribution >= 4 is 34.6 Å². The van der Waals surface area contributed by atoms with Crippen LogP contribution in [0.4, 0.5) is 5.69 Å². The van der Waals surface area contributed by atoms with Crippen LogP contribution >= 0.6 is 23.8 Å². The Kier molecular flexibility index (Phi) is 5.45. The maximum Gasteiger partial charge on any atom is 0.174 e. The number of aryl methyl sites for hydroxylation is 1. The van der Waals surface area contributed by atoms with Gasteiger partial charge in [-0.05, 0) is 74.1 Å². The Morgan fingerprint density at radius 3 is 2.38 bits per heavy atom. The van der Waals surface area contributed by atoms with Crippen molar-refractivity contribution in [2.45, 2.75) is 25.9 Å². The summed E-state index contributed by atoms with van der Waals surface area (Å²) in [6.07, 6.45) is 1.83. The molecule has 2 aromatic carbocycles. The van der Waals surface area contributed by atoms with E-state index in [1.54, 1.807) is 0 Å². The number of aromatic nitrogens is 2. The molecule has 0 saturated carbocycles. The van der Waals surface area contributed by atoms with E-state index in [1.807, 2.05) is 54.7 Å². The summed E-state index contributed by atoms with van der Waals surface area (Å²) < 4.78 is 2.22. The van der Waals surface area contributed by atoms with Crippen molar-refractivity contribution in [2.24, 2.45) is 0 Å². The van der Waals surface area contributed by atoms with Crippen molar-refractivity contribution in [1.29, 1.82) is 0 Å². The van der Waals surface area contributed by atoms with Crippen molar-refractivity contribution in [3.05, 3.63) is 113 Å². The summed E-state index contributed by atoms with van der Waals surface area (Å²) in [4.78, 5) is 6.86. The van der Waals surface area contributed by atoms with Gasteiger partial charge in [0.15, 0.2) is 5.11 Å². The summed E-state index contributed by atoms with van der Waals surface area (Å²) in [5, 5.41) is 4.95. The maximum absolute atomic E-state index is 6.57. The molecule has 4 nitrogen and oxygen atoms in total. The van der Waals surface area contributed by atoms with E-state index in [0.717, 1.165) is 33.5 Å². The number of anilines is 1. The normalized spacial score (nSPS) is 18.1. The molecule has 1 N–H and O–H groups in total.